The summed E-state index contributed by atoms with van der Waals surface area (Å²) in [5, 5.41) is 23.4. The molecular formula is C13H12N6O. The second-order valence-electron chi connectivity index (χ2n) is 4.16. The van der Waals surface area contributed by atoms with E-state index < -0.39 is 0 Å². The quantitative estimate of drug-likeness (QED) is 0.743. The van der Waals surface area contributed by atoms with Crippen LogP contribution in [0.2, 0.25) is 0 Å². The van der Waals surface area contributed by atoms with E-state index in [2.05, 4.69) is 25.8 Å². The number of hydrogen-bond acceptors (Lipinski definition) is 6. The topological polar surface area (TPSA) is 88.8 Å². The number of rotatable bonds is 4. The molecule has 0 atom stereocenters. The summed E-state index contributed by atoms with van der Waals surface area (Å²) in [7, 11) is 0. The lowest BCUT2D eigenvalue weighted by molar-refractivity contribution is 0.472. The summed E-state index contributed by atoms with van der Waals surface area (Å²) < 4.78 is 1.59. The Hall–Kier alpha value is -2.96. The second-order valence-corrected chi connectivity index (χ2v) is 4.16. The van der Waals surface area contributed by atoms with E-state index in [4.69, 9.17) is 5.11 Å². The van der Waals surface area contributed by atoms with Crippen LogP contribution in [0.3, 0.4) is 0 Å². The van der Waals surface area contributed by atoms with E-state index in [1.54, 1.807) is 23.1 Å². The van der Waals surface area contributed by atoms with Crippen LogP contribution in [0.15, 0.2) is 48.9 Å². The number of benzene rings is 1. The number of hydrogen-bond donors (Lipinski definition) is 2. The van der Waals surface area contributed by atoms with E-state index in [9.17, 15) is 0 Å². The summed E-state index contributed by atoms with van der Waals surface area (Å²) in [6.07, 6.45) is 2.97. The zero-order valence-electron chi connectivity index (χ0n) is 10.5. The molecule has 0 radical (unpaired) electrons. The van der Waals surface area contributed by atoms with Crippen LogP contribution in [-0.2, 0) is 6.54 Å². The molecule has 0 fully saturated rings. The highest BCUT2D eigenvalue weighted by molar-refractivity contribution is 5.48. The number of nitrogens with zero attached hydrogens (tertiary/aromatic N) is 5. The van der Waals surface area contributed by atoms with Gasteiger partial charge in [0.15, 0.2) is 0 Å². The van der Waals surface area contributed by atoms with E-state index in [1.807, 2.05) is 24.3 Å². The largest absolute Gasteiger partial charge is 0.506 e. The van der Waals surface area contributed by atoms with Crippen molar-refractivity contribution in [2.45, 2.75) is 6.54 Å². The third kappa shape index (κ3) is 2.72. The normalized spacial score (nSPS) is 10.4. The maximum Gasteiger partial charge on any atom is 0.143 e. The molecule has 0 aliphatic rings. The summed E-state index contributed by atoms with van der Waals surface area (Å²) in [6, 6.07) is 11.1. The fraction of sp³-hybridized carbons (Fsp3) is 0.0769. The van der Waals surface area contributed by atoms with E-state index in [1.165, 1.54) is 6.20 Å². The number of anilines is 1. The van der Waals surface area contributed by atoms with Crippen LogP contribution in [0.5, 0.6) is 5.75 Å². The standard InChI is InChI=1S/C13H12N6O/c20-13-6-3-11(15-8-13)7-14-10-1-4-12(5-2-10)19-9-16-17-18-19/h1-6,8-9,14,20H,7H2. The predicted molar refractivity (Wildman–Crippen MR) is 72.4 cm³/mol. The van der Waals surface area contributed by atoms with E-state index in [-0.39, 0.29) is 5.75 Å². The van der Waals surface area contributed by atoms with Crippen molar-refractivity contribution in [1.82, 2.24) is 25.2 Å². The molecule has 0 unspecified atom stereocenters. The smallest absolute Gasteiger partial charge is 0.143 e. The summed E-state index contributed by atoms with van der Waals surface area (Å²) in [5.41, 5.74) is 2.72. The summed E-state index contributed by atoms with van der Waals surface area (Å²) >= 11 is 0. The van der Waals surface area contributed by atoms with Gasteiger partial charge in [0.25, 0.3) is 0 Å². The average Bonchev–Trinajstić information content (AvgIpc) is 3.01. The van der Waals surface area contributed by atoms with Gasteiger partial charge in [0.1, 0.15) is 12.1 Å². The van der Waals surface area contributed by atoms with E-state index >= 15 is 0 Å². The van der Waals surface area contributed by atoms with E-state index in [0.717, 1.165) is 17.1 Å². The maximum atomic E-state index is 9.16. The van der Waals surface area contributed by atoms with Crippen LogP contribution in [0.4, 0.5) is 5.69 Å². The van der Waals surface area contributed by atoms with Crippen LogP contribution < -0.4 is 5.32 Å². The van der Waals surface area contributed by atoms with Gasteiger partial charge in [-0.25, -0.2) is 4.68 Å². The minimum Gasteiger partial charge on any atom is -0.506 e. The van der Waals surface area contributed by atoms with Crippen molar-refractivity contribution in [3.63, 3.8) is 0 Å². The first kappa shape index (κ1) is 12.1. The van der Waals surface area contributed by atoms with Gasteiger partial charge in [0.05, 0.1) is 24.1 Å². The molecule has 100 valence electrons. The molecule has 0 aliphatic heterocycles. The number of tetrazole rings is 1. The van der Waals surface area contributed by atoms with Gasteiger partial charge in [-0.3, -0.25) is 4.98 Å². The van der Waals surface area contributed by atoms with Crippen LogP contribution in [0, 0.1) is 0 Å². The van der Waals surface area contributed by atoms with E-state index in [0.29, 0.717) is 6.54 Å². The Morgan fingerprint density at radius 2 is 1.95 bits per heavy atom. The van der Waals surface area contributed by atoms with Crippen molar-refractivity contribution in [3.8, 4) is 11.4 Å². The van der Waals surface area contributed by atoms with Crippen LogP contribution >= 0.6 is 0 Å². The van der Waals surface area contributed by atoms with Crippen molar-refractivity contribution in [1.29, 1.82) is 0 Å². The average molecular weight is 268 g/mol. The van der Waals surface area contributed by atoms with Gasteiger partial charge in [0, 0.05) is 5.69 Å². The molecular weight excluding hydrogens is 256 g/mol. The van der Waals surface area contributed by atoms with Crippen LogP contribution in [0.25, 0.3) is 5.69 Å². The Kier molecular flexibility index (Phi) is 3.24. The molecule has 2 N–H and O–H groups in total. The molecule has 7 nitrogen and oxygen atoms in total. The Balaban J connectivity index is 1.65. The number of pyridine rings is 1. The number of aromatic nitrogens is 5. The molecule has 3 aromatic rings. The maximum absolute atomic E-state index is 9.16. The van der Waals surface area contributed by atoms with Gasteiger partial charge < -0.3 is 10.4 Å². The lowest BCUT2D eigenvalue weighted by Crippen LogP contribution is -2.01. The molecule has 0 saturated heterocycles. The second kappa shape index (κ2) is 5.35. The third-order valence-electron chi connectivity index (χ3n) is 2.76. The highest BCUT2D eigenvalue weighted by atomic mass is 16.3. The van der Waals surface area contributed by atoms with Gasteiger partial charge >= 0.3 is 0 Å². The Bertz CT molecular complexity index is 663. The first-order chi connectivity index (χ1) is 9.81. The SMILES string of the molecule is Oc1ccc(CNc2ccc(-n3cnnn3)cc2)nc1. The lowest BCUT2D eigenvalue weighted by atomic mass is 10.2. The molecule has 0 amide bonds. The fourth-order valence-electron chi connectivity index (χ4n) is 1.73. The van der Waals surface area contributed by atoms with Crippen molar-refractivity contribution in [3.05, 3.63) is 54.6 Å². The zero-order chi connectivity index (χ0) is 13.8. The minimum absolute atomic E-state index is 0.166. The van der Waals surface area contributed by atoms with Crippen molar-refractivity contribution in [2.75, 3.05) is 5.32 Å². The Labute approximate surface area is 114 Å². The Morgan fingerprint density at radius 3 is 2.60 bits per heavy atom. The zero-order valence-corrected chi connectivity index (χ0v) is 10.5. The molecule has 0 saturated carbocycles. The monoisotopic (exact) mass is 268 g/mol. The minimum atomic E-state index is 0.166. The molecule has 20 heavy (non-hydrogen) atoms. The molecule has 2 aromatic heterocycles. The van der Waals surface area contributed by atoms with Crippen molar-refractivity contribution < 1.29 is 5.11 Å². The first-order valence-electron chi connectivity index (χ1n) is 6.02. The molecule has 7 heteroatoms. The first-order valence-corrected chi connectivity index (χ1v) is 6.02. The lowest BCUT2D eigenvalue weighted by Gasteiger charge is -2.07. The molecule has 0 aliphatic carbocycles. The van der Waals surface area contributed by atoms with Crippen LogP contribution in [-0.4, -0.2) is 30.3 Å². The summed E-state index contributed by atoms with van der Waals surface area (Å²) in [5.74, 6) is 0.166. The molecule has 2 heterocycles. The molecule has 0 spiro atoms. The highest BCUT2D eigenvalue weighted by Gasteiger charge is 1.99. The highest BCUT2D eigenvalue weighted by Crippen LogP contribution is 2.13. The summed E-state index contributed by atoms with van der Waals surface area (Å²) in [6.45, 7) is 0.588. The van der Waals surface area contributed by atoms with Gasteiger partial charge in [-0.2, -0.15) is 0 Å². The van der Waals surface area contributed by atoms with Gasteiger partial charge in [-0.15, -0.1) is 5.10 Å². The summed E-state index contributed by atoms with van der Waals surface area (Å²) in [4.78, 5) is 4.11. The van der Waals surface area contributed by atoms with Crippen molar-refractivity contribution in [2.24, 2.45) is 0 Å². The van der Waals surface area contributed by atoms with Crippen molar-refractivity contribution >= 4 is 5.69 Å². The van der Waals surface area contributed by atoms with Crippen LogP contribution in [0.1, 0.15) is 5.69 Å². The Morgan fingerprint density at radius 1 is 1.10 bits per heavy atom. The number of nitrogens with one attached hydrogen (secondary N) is 1. The number of aromatic hydroxyl groups is 1. The van der Waals surface area contributed by atoms with Gasteiger partial charge in [-0.05, 0) is 46.8 Å². The molecule has 0 bridgehead atoms. The van der Waals surface area contributed by atoms with Gasteiger partial charge in [-0.1, -0.05) is 0 Å². The fourth-order valence-corrected chi connectivity index (χ4v) is 1.73. The molecule has 1 aromatic carbocycles. The predicted octanol–water partition coefficient (Wildman–Crippen LogP) is 1.37. The molecule has 3 rings (SSSR count). The third-order valence-corrected chi connectivity index (χ3v) is 2.76. The van der Waals surface area contributed by atoms with Gasteiger partial charge in [0.2, 0.25) is 0 Å².